The van der Waals surface area contributed by atoms with Crippen molar-refractivity contribution in [1.29, 1.82) is 0 Å². The lowest BCUT2D eigenvalue weighted by Crippen LogP contribution is -2.18. The fourth-order valence-corrected chi connectivity index (χ4v) is 2.71. The average molecular weight is 341 g/mol. The molecule has 0 bridgehead atoms. The van der Waals surface area contributed by atoms with E-state index in [1.54, 1.807) is 12.1 Å². The summed E-state index contributed by atoms with van der Waals surface area (Å²) in [7, 11) is 0. The van der Waals surface area contributed by atoms with Gasteiger partial charge in [-0.25, -0.2) is 0 Å². The van der Waals surface area contributed by atoms with Crippen molar-refractivity contribution in [3.63, 3.8) is 0 Å². The van der Waals surface area contributed by atoms with E-state index in [2.05, 4.69) is 28.2 Å². The Balaban J connectivity index is 2.01. The van der Waals surface area contributed by atoms with Crippen LogP contribution in [-0.2, 0) is 6.42 Å². The number of aromatic hydroxyl groups is 1. The zero-order valence-corrected chi connectivity index (χ0v) is 12.9. The fraction of sp³-hybridized carbons (Fsp3) is 0.200. The number of hydrogen-bond acceptors (Lipinski definition) is 2. The predicted molar refractivity (Wildman–Crippen MR) is 84.0 cm³/mol. The lowest BCUT2D eigenvalue weighted by Gasteiger charge is -2.16. The minimum atomic E-state index is 0.280. The highest BCUT2D eigenvalue weighted by molar-refractivity contribution is 9.10. The fourth-order valence-electron chi connectivity index (χ4n) is 1.91. The molecule has 2 aromatic rings. The van der Waals surface area contributed by atoms with Crippen LogP contribution in [0.25, 0.3) is 0 Å². The van der Waals surface area contributed by atoms with Crippen molar-refractivity contribution in [3.05, 3.63) is 57.5 Å². The molecule has 0 saturated carbocycles. The van der Waals surface area contributed by atoms with Gasteiger partial charge in [-0.2, -0.15) is 0 Å². The molecule has 0 aliphatic heterocycles. The zero-order chi connectivity index (χ0) is 13.8. The maximum Gasteiger partial charge on any atom is 0.115 e. The predicted octanol–water partition coefficient (Wildman–Crippen LogP) is 4.85. The van der Waals surface area contributed by atoms with Crippen molar-refractivity contribution in [3.8, 4) is 5.75 Å². The number of halogens is 2. The molecule has 0 amide bonds. The van der Waals surface area contributed by atoms with Crippen molar-refractivity contribution in [2.75, 3.05) is 5.32 Å². The summed E-state index contributed by atoms with van der Waals surface area (Å²) < 4.78 is 0.956. The molecule has 100 valence electrons. The summed E-state index contributed by atoms with van der Waals surface area (Å²) in [6.07, 6.45) is 0.884. The second-order valence-electron chi connectivity index (χ2n) is 4.54. The Morgan fingerprint density at radius 1 is 1.21 bits per heavy atom. The zero-order valence-electron chi connectivity index (χ0n) is 10.5. The van der Waals surface area contributed by atoms with Crippen LogP contribution in [0.15, 0.2) is 46.9 Å². The summed E-state index contributed by atoms with van der Waals surface area (Å²) >= 11 is 9.41. The summed E-state index contributed by atoms with van der Waals surface area (Å²) in [5, 5.41) is 13.4. The van der Waals surface area contributed by atoms with Gasteiger partial charge >= 0.3 is 0 Å². The van der Waals surface area contributed by atoms with Gasteiger partial charge in [-0.1, -0.05) is 23.7 Å². The number of rotatable bonds is 4. The molecule has 0 spiro atoms. The highest BCUT2D eigenvalue weighted by Gasteiger charge is 2.06. The molecular weight excluding hydrogens is 326 g/mol. The van der Waals surface area contributed by atoms with Crippen molar-refractivity contribution in [2.24, 2.45) is 0 Å². The van der Waals surface area contributed by atoms with Gasteiger partial charge < -0.3 is 10.4 Å². The molecule has 1 unspecified atom stereocenters. The topological polar surface area (TPSA) is 32.3 Å². The van der Waals surface area contributed by atoms with Crippen LogP contribution < -0.4 is 5.32 Å². The van der Waals surface area contributed by atoms with E-state index in [0.717, 1.165) is 16.6 Å². The molecule has 2 nitrogen and oxygen atoms in total. The second-order valence-corrected chi connectivity index (χ2v) is 5.83. The average Bonchev–Trinajstić information content (AvgIpc) is 2.36. The maximum atomic E-state index is 9.25. The van der Waals surface area contributed by atoms with Crippen molar-refractivity contribution in [2.45, 2.75) is 19.4 Å². The van der Waals surface area contributed by atoms with Crippen LogP contribution in [0.1, 0.15) is 12.5 Å². The van der Waals surface area contributed by atoms with E-state index in [0.29, 0.717) is 10.8 Å². The quantitative estimate of drug-likeness (QED) is 0.834. The minimum Gasteiger partial charge on any atom is -0.508 e. The largest absolute Gasteiger partial charge is 0.508 e. The Morgan fingerprint density at radius 3 is 2.53 bits per heavy atom. The van der Waals surface area contributed by atoms with Crippen molar-refractivity contribution in [1.82, 2.24) is 0 Å². The lowest BCUT2D eigenvalue weighted by molar-refractivity contribution is 0.475. The van der Waals surface area contributed by atoms with Crippen molar-refractivity contribution >= 4 is 33.2 Å². The molecule has 1 atom stereocenters. The van der Waals surface area contributed by atoms with Crippen LogP contribution in [0.2, 0.25) is 5.02 Å². The monoisotopic (exact) mass is 339 g/mol. The molecule has 0 radical (unpaired) electrons. The van der Waals surface area contributed by atoms with Gasteiger partial charge in [0, 0.05) is 21.2 Å². The molecule has 2 aromatic carbocycles. The summed E-state index contributed by atoms with van der Waals surface area (Å²) in [5.74, 6) is 0.296. The van der Waals surface area contributed by atoms with E-state index in [1.165, 1.54) is 5.56 Å². The number of hydrogen-bond donors (Lipinski definition) is 2. The van der Waals surface area contributed by atoms with Gasteiger partial charge in [0.25, 0.3) is 0 Å². The number of anilines is 1. The molecule has 0 aliphatic rings. The Hall–Kier alpha value is -1.19. The Bertz CT molecular complexity index is 557. The maximum absolute atomic E-state index is 9.25. The molecule has 2 N–H and O–H groups in total. The first-order valence-corrected chi connectivity index (χ1v) is 7.21. The molecule has 0 fully saturated rings. The molecule has 2 rings (SSSR count). The van der Waals surface area contributed by atoms with E-state index in [4.69, 9.17) is 11.6 Å². The van der Waals surface area contributed by atoms with Crippen LogP contribution in [0.3, 0.4) is 0 Å². The van der Waals surface area contributed by atoms with Gasteiger partial charge in [0.2, 0.25) is 0 Å². The minimum absolute atomic E-state index is 0.280. The molecule has 0 heterocycles. The molecule has 19 heavy (non-hydrogen) atoms. The Morgan fingerprint density at radius 2 is 1.89 bits per heavy atom. The Labute approximate surface area is 126 Å². The van der Waals surface area contributed by atoms with Crippen LogP contribution in [0, 0.1) is 0 Å². The molecule has 4 heteroatoms. The van der Waals surface area contributed by atoms with Crippen LogP contribution in [-0.4, -0.2) is 11.1 Å². The van der Waals surface area contributed by atoms with Gasteiger partial charge in [0.1, 0.15) is 5.75 Å². The summed E-state index contributed by atoms with van der Waals surface area (Å²) in [4.78, 5) is 0. The second kappa shape index (κ2) is 6.31. The van der Waals surface area contributed by atoms with Crippen molar-refractivity contribution < 1.29 is 5.11 Å². The first kappa shape index (κ1) is 14.2. The smallest absolute Gasteiger partial charge is 0.115 e. The van der Waals surface area contributed by atoms with Gasteiger partial charge in [0.15, 0.2) is 0 Å². The first-order chi connectivity index (χ1) is 9.04. The molecule has 0 aliphatic carbocycles. The molecule has 0 aromatic heterocycles. The number of phenolic OH excluding ortho intramolecular Hbond substituents is 1. The molecule has 0 saturated heterocycles. The lowest BCUT2D eigenvalue weighted by atomic mass is 10.1. The highest BCUT2D eigenvalue weighted by Crippen LogP contribution is 2.26. The summed E-state index contributed by atoms with van der Waals surface area (Å²) in [6.45, 7) is 2.12. The van der Waals surface area contributed by atoms with E-state index in [9.17, 15) is 5.11 Å². The van der Waals surface area contributed by atoms with E-state index in [1.807, 2.05) is 30.3 Å². The van der Waals surface area contributed by atoms with E-state index < -0.39 is 0 Å². The normalized spacial score (nSPS) is 12.2. The summed E-state index contributed by atoms with van der Waals surface area (Å²) in [5.41, 5.74) is 2.21. The van der Waals surface area contributed by atoms with E-state index in [-0.39, 0.29) is 6.04 Å². The number of nitrogens with one attached hydrogen (secondary N) is 1. The first-order valence-electron chi connectivity index (χ1n) is 6.04. The number of phenols is 1. The Kier molecular flexibility index (Phi) is 4.72. The highest BCUT2D eigenvalue weighted by atomic mass is 79.9. The van der Waals surface area contributed by atoms with Crippen LogP contribution in [0.5, 0.6) is 5.75 Å². The third-order valence-electron chi connectivity index (χ3n) is 2.81. The summed E-state index contributed by atoms with van der Waals surface area (Å²) in [6, 6.07) is 13.3. The van der Waals surface area contributed by atoms with Gasteiger partial charge in [-0.15, -0.1) is 0 Å². The van der Waals surface area contributed by atoms with Gasteiger partial charge in [-0.05, 0) is 65.2 Å². The standard InChI is InChI=1S/C15H15BrClNO/c1-10(8-11-2-5-13(19)6-3-11)18-15-7-4-12(17)9-14(15)16/h2-7,9-10,18-19H,8H2,1H3. The number of benzene rings is 2. The van der Waals surface area contributed by atoms with Gasteiger partial charge in [-0.3, -0.25) is 0 Å². The molecular formula is C15H15BrClNO. The van der Waals surface area contributed by atoms with E-state index >= 15 is 0 Å². The van der Waals surface area contributed by atoms with Crippen LogP contribution in [0.4, 0.5) is 5.69 Å². The third kappa shape index (κ3) is 4.15. The third-order valence-corrected chi connectivity index (χ3v) is 3.70. The SMILES string of the molecule is CC(Cc1ccc(O)cc1)Nc1ccc(Cl)cc1Br. The van der Waals surface area contributed by atoms with Gasteiger partial charge in [0.05, 0.1) is 0 Å². The van der Waals surface area contributed by atoms with Crippen LogP contribution >= 0.6 is 27.5 Å².